The number of nitrogens with zero attached hydrogens (tertiary/aromatic N) is 2. The van der Waals surface area contributed by atoms with E-state index in [4.69, 9.17) is 0 Å². The summed E-state index contributed by atoms with van der Waals surface area (Å²) in [6.45, 7) is 5.98. The fraction of sp³-hybridized carbons (Fsp3) is 0.308. The number of imidazole rings is 1. The third-order valence-corrected chi connectivity index (χ3v) is 2.68. The average Bonchev–Trinajstić information content (AvgIpc) is 2.72. The van der Waals surface area contributed by atoms with Gasteiger partial charge in [0, 0.05) is 18.4 Å². The summed E-state index contributed by atoms with van der Waals surface area (Å²) in [5.74, 6) is 0.400. The molecule has 0 unspecified atom stereocenters. The van der Waals surface area contributed by atoms with Crippen LogP contribution in [0.1, 0.15) is 25.5 Å². The SMILES string of the molecule is Cc1cccc(F)c1Nc1nccn1C(C)C. The van der Waals surface area contributed by atoms with Gasteiger partial charge in [0.2, 0.25) is 5.95 Å². The van der Waals surface area contributed by atoms with E-state index in [-0.39, 0.29) is 11.9 Å². The molecule has 0 spiro atoms. The minimum Gasteiger partial charge on any atom is -0.323 e. The van der Waals surface area contributed by atoms with Crippen LogP contribution in [0.15, 0.2) is 30.6 Å². The van der Waals surface area contributed by atoms with E-state index in [0.29, 0.717) is 11.6 Å². The highest BCUT2D eigenvalue weighted by Gasteiger charge is 2.10. The van der Waals surface area contributed by atoms with Crippen molar-refractivity contribution in [3.63, 3.8) is 0 Å². The van der Waals surface area contributed by atoms with E-state index in [2.05, 4.69) is 24.1 Å². The van der Waals surface area contributed by atoms with Gasteiger partial charge in [-0.2, -0.15) is 0 Å². The molecule has 2 rings (SSSR count). The van der Waals surface area contributed by atoms with Gasteiger partial charge in [0.15, 0.2) is 0 Å². The van der Waals surface area contributed by atoms with E-state index in [1.165, 1.54) is 6.07 Å². The van der Waals surface area contributed by atoms with Crippen LogP contribution >= 0.6 is 0 Å². The molecule has 0 saturated heterocycles. The van der Waals surface area contributed by atoms with Crippen molar-refractivity contribution < 1.29 is 4.39 Å². The molecule has 0 aliphatic carbocycles. The van der Waals surface area contributed by atoms with E-state index in [9.17, 15) is 4.39 Å². The number of anilines is 2. The van der Waals surface area contributed by atoms with Crippen molar-refractivity contribution in [2.45, 2.75) is 26.8 Å². The van der Waals surface area contributed by atoms with Crippen molar-refractivity contribution in [2.24, 2.45) is 0 Å². The first kappa shape index (κ1) is 11.6. The molecule has 1 aromatic heterocycles. The summed E-state index contributed by atoms with van der Waals surface area (Å²) in [7, 11) is 0. The molecule has 2 aromatic rings. The van der Waals surface area contributed by atoms with Gasteiger partial charge in [0.05, 0.1) is 5.69 Å². The maximum absolute atomic E-state index is 13.7. The van der Waals surface area contributed by atoms with Crippen molar-refractivity contribution in [1.82, 2.24) is 9.55 Å². The maximum atomic E-state index is 13.7. The Morgan fingerprint density at radius 2 is 2.12 bits per heavy atom. The number of rotatable bonds is 3. The van der Waals surface area contributed by atoms with Crippen LogP contribution in [0.3, 0.4) is 0 Å². The Kier molecular flexibility index (Phi) is 3.13. The van der Waals surface area contributed by atoms with Crippen molar-refractivity contribution in [3.05, 3.63) is 42.0 Å². The molecule has 3 nitrogen and oxygen atoms in total. The van der Waals surface area contributed by atoms with Crippen molar-refractivity contribution in [3.8, 4) is 0 Å². The largest absolute Gasteiger partial charge is 0.323 e. The zero-order chi connectivity index (χ0) is 12.4. The highest BCUT2D eigenvalue weighted by atomic mass is 19.1. The second kappa shape index (κ2) is 4.57. The Morgan fingerprint density at radius 3 is 2.76 bits per heavy atom. The lowest BCUT2D eigenvalue weighted by molar-refractivity contribution is 0.604. The molecular formula is C13H16FN3. The molecule has 0 fully saturated rings. The van der Waals surface area contributed by atoms with Crippen LogP contribution in [-0.2, 0) is 0 Å². The molecule has 0 atom stereocenters. The van der Waals surface area contributed by atoms with Crippen molar-refractivity contribution in [2.75, 3.05) is 5.32 Å². The molecule has 0 bridgehead atoms. The lowest BCUT2D eigenvalue weighted by atomic mass is 10.2. The third kappa shape index (κ3) is 2.30. The Bertz CT molecular complexity index is 497. The fourth-order valence-corrected chi connectivity index (χ4v) is 1.73. The van der Waals surface area contributed by atoms with E-state index in [1.54, 1.807) is 12.3 Å². The van der Waals surface area contributed by atoms with Gasteiger partial charge in [-0.15, -0.1) is 0 Å². The molecule has 17 heavy (non-hydrogen) atoms. The van der Waals surface area contributed by atoms with Crippen molar-refractivity contribution in [1.29, 1.82) is 0 Å². The molecule has 1 aromatic carbocycles. The van der Waals surface area contributed by atoms with Gasteiger partial charge in [-0.25, -0.2) is 9.37 Å². The van der Waals surface area contributed by atoms with Crippen LogP contribution in [0.2, 0.25) is 0 Å². The van der Waals surface area contributed by atoms with Gasteiger partial charge in [0.25, 0.3) is 0 Å². The predicted molar refractivity (Wildman–Crippen MR) is 67.0 cm³/mol. The van der Waals surface area contributed by atoms with E-state index >= 15 is 0 Å². The zero-order valence-electron chi connectivity index (χ0n) is 10.2. The summed E-state index contributed by atoms with van der Waals surface area (Å²) in [5.41, 5.74) is 1.35. The molecule has 0 amide bonds. The number of halogens is 1. The zero-order valence-corrected chi connectivity index (χ0v) is 10.2. The Hall–Kier alpha value is -1.84. The summed E-state index contributed by atoms with van der Waals surface area (Å²) < 4.78 is 15.6. The standard InChI is InChI=1S/C13H16FN3/c1-9(2)17-8-7-15-13(17)16-12-10(3)5-4-6-11(12)14/h4-9H,1-3H3,(H,15,16). The first-order chi connectivity index (χ1) is 8.09. The van der Waals surface area contributed by atoms with Gasteiger partial charge < -0.3 is 9.88 Å². The van der Waals surface area contributed by atoms with Crippen LogP contribution in [0, 0.1) is 12.7 Å². The summed E-state index contributed by atoms with van der Waals surface area (Å²) in [5, 5.41) is 3.05. The molecule has 0 aliphatic heterocycles. The first-order valence-corrected chi connectivity index (χ1v) is 5.64. The normalized spacial score (nSPS) is 10.9. The Labute approximate surface area is 100 Å². The van der Waals surface area contributed by atoms with Crippen LogP contribution in [0.25, 0.3) is 0 Å². The molecule has 1 N–H and O–H groups in total. The third-order valence-electron chi connectivity index (χ3n) is 2.68. The van der Waals surface area contributed by atoms with Crippen LogP contribution in [0.4, 0.5) is 16.0 Å². The number of nitrogens with one attached hydrogen (secondary N) is 1. The lowest BCUT2D eigenvalue weighted by Crippen LogP contribution is -2.07. The molecule has 0 aliphatic rings. The monoisotopic (exact) mass is 233 g/mol. The molecule has 0 saturated carbocycles. The topological polar surface area (TPSA) is 29.9 Å². The molecular weight excluding hydrogens is 217 g/mol. The lowest BCUT2D eigenvalue weighted by Gasteiger charge is -2.14. The van der Waals surface area contributed by atoms with Gasteiger partial charge >= 0.3 is 0 Å². The van der Waals surface area contributed by atoms with Crippen molar-refractivity contribution >= 4 is 11.6 Å². The minimum absolute atomic E-state index is 0.261. The van der Waals surface area contributed by atoms with E-state index < -0.39 is 0 Å². The summed E-state index contributed by atoms with van der Waals surface area (Å²) in [6.07, 6.45) is 3.59. The highest BCUT2D eigenvalue weighted by molar-refractivity contribution is 5.59. The molecule has 90 valence electrons. The summed E-state index contributed by atoms with van der Waals surface area (Å²) >= 11 is 0. The van der Waals surface area contributed by atoms with Crippen LogP contribution in [0.5, 0.6) is 0 Å². The van der Waals surface area contributed by atoms with Crippen LogP contribution in [-0.4, -0.2) is 9.55 Å². The number of hydrogen-bond donors (Lipinski definition) is 1. The Morgan fingerprint density at radius 1 is 1.35 bits per heavy atom. The number of para-hydroxylation sites is 1. The van der Waals surface area contributed by atoms with Gasteiger partial charge in [0.1, 0.15) is 5.82 Å². The maximum Gasteiger partial charge on any atom is 0.207 e. The number of benzene rings is 1. The summed E-state index contributed by atoms with van der Waals surface area (Å²) in [4.78, 5) is 4.20. The quantitative estimate of drug-likeness (QED) is 0.876. The summed E-state index contributed by atoms with van der Waals surface area (Å²) in [6, 6.07) is 5.30. The molecule has 4 heteroatoms. The van der Waals surface area contributed by atoms with Crippen LogP contribution < -0.4 is 5.32 Å². The predicted octanol–water partition coefficient (Wildman–Crippen LogP) is 3.66. The number of aryl methyl sites for hydroxylation is 1. The number of hydrogen-bond acceptors (Lipinski definition) is 2. The molecule has 1 heterocycles. The second-order valence-electron chi connectivity index (χ2n) is 4.31. The average molecular weight is 233 g/mol. The molecule has 0 radical (unpaired) electrons. The highest BCUT2D eigenvalue weighted by Crippen LogP contribution is 2.24. The fourth-order valence-electron chi connectivity index (χ4n) is 1.73. The van der Waals surface area contributed by atoms with E-state index in [1.807, 2.05) is 23.8 Å². The van der Waals surface area contributed by atoms with Gasteiger partial charge in [-0.1, -0.05) is 12.1 Å². The van der Waals surface area contributed by atoms with Gasteiger partial charge in [-0.05, 0) is 32.4 Å². The Balaban J connectivity index is 2.35. The second-order valence-corrected chi connectivity index (χ2v) is 4.31. The van der Waals surface area contributed by atoms with E-state index in [0.717, 1.165) is 5.56 Å². The van der Waals surface area contributed by atoms with Gasteiger partial charge in [-0.3, -0.25) is 0 Å². The number of aromatic nitrogens is 2. The first-order valence-electron chi connectivity index (χ1n) is 5.64. The smallest absolute Gasteiger partial charge is 0.207 e. The minimum atomic E-state index is -0.261.